The first-order valence-corrected chi connectivity index (χ1v) is 10.9. The van der Waals surface area contributed by atoms with Crippen molar-refractivity contribution in [2.45, 2.75) is 37.5 Å². The highest BCUT2D eigenvalue weighted by Gasteiger charge is 2.26. The molecule has 9 heteroatoms. The van der Waals surface area contributed by atoms with Gasteiger partial charge in [-0.15, -0.1) is 0 Å². The Labute approximate surface area is 195 Å². The molecule has 31 heavy (non-hydrogen) atoms. The Hall–Kier alpha value is -2.52. The molecular formula is C22H20Br2O7. The maximum absolute atomic E-state index is 12.4. The molecule has 0 heterocycles. The summed E-state index contributed by atoms with van der Waals surface area (Å²) in [5, 5.41) is 18.4. The predicted molar refractivity (Wildman–Crippen MR) is 119 cm³/mol. The molecule has 0 bridgehead atoms. The molecule has 0 saturated carbocycles. The van der Waals surface area contributed by atoms with Crippen molar-refractivity contribution in [1.29, 1.82) is 0 Å². The van der Waals surface area contributed by atoms with E-state index in [9.17, 15) is 29.4 Å². The van der Waals surface area contributed by atoms with Crippen LogP contribution in [0.25, 0.3) is 0 Å². The zero-order valence-corrected chi connectivity index (χ0v) is 19.5. The quantitative estimate of drug-likeness (QED) is 0.317. The van der Waals surface area contributed by atoms with Crippen LogP contribution in [0.4, 0.5) is 0 Å². The number of halogens is 2. The summed E-state index contributed by atoms with van der Waals surface area (Å²) in [6.45, 7) is 0. The van der Waals surface area contributed by atoms with E-state index in [4.69, 9.17) is 4.74 Å². The molecule has 0 aromatic heterocycles. The second kappa shape index (κ2) is 11.8. The molecule has 2 aromatic carbocycles. The topological polar surface area (TPSA) is 118 Å². The molecule has 164 valence electrons. The van der Waals surface area contributed by atoms with Crippen LogP contribution >= 0.6 is 31.9 Å². The van der Waals surface area contributed by atoms with Crippen LogP contribution in [0.2, 0.25) is 0 Å². The van der Waals surface area contributed by atoms with E-state index in [0.29, 0.717) is 20.1 Å². The molecule has 0 aliphatic heterocycles. The number of esters is 2. The van der Waals surface area contributed by atoms with Gasteiger partial charge in [-0.05, 0) is 23.3 Å². The summed E-state index contributed by atoms with van der Waals surface area (Å²) in [7, 11) is 0. The lowest BCUT2D eigenvalue weighted by Gasteiger charge is -2.18. The molecule has 2 aromatic rings. The molecule has 0 aliphatic rings. The summed E-state index contributed by atoms with van der Waals surface area (Å²) >= 11 is 6.69. The minimum absolute atomic E-state index is 0.306. The van der Waals surface area contributed by atoms with Crippen LogP contribution in [0.3, 0.4) is 0 Å². The average molecular weight is 556 g/mol. The molecule has 0 saturated heterocycles. The molecule has 0 fully saturated rings. The van der Waals surface area contributed by atoms with Gasteiger partial charge in [0.25, 0.3) is 0 Å². The van der Waals surface area contributed by atoms with E-state index in [1.807, 2.05) is 0 Å². The highest BCUT2D eigenvalue weighted by molar-refractivity contribution is 9.10. The van der Waals surface area contributed by atoms with E-state index in [-0.39, 0.29) is 25.7 Å². The number of carboxylic acid groups (broad SMARTS) is 2. The van der Waals surface area contributed by atoms with Crippen molar-refractivity contribution in [3.05, 3.63) is 68.6 Å². The molecule has 0 spiro atoms. The highest BCUT2D eigenvalue weighted by Crippen LogP contribution is 2.32. The first-order chi connectivity index (χ1) is 14.7. The van der Waals surface area contributed by atoms with E-state index in [0.717, 1.165) is 0 Å². The van der Waals surface area contributed by atoms with Gasteiger partial charge in [0.15, 0.2) is 0 Å². The molecule has 2 atom stereocenters. The fourth-order valence-electron chi connectivity index (χ4n) is 3.23. The monoisotopic (exact) mass is 554 g/mol. The van der Waals surface area contributed by atoms with Gasteiger partial charge < -0.3 is 14.9 Å². The lowest BCUT2D eigenvalue weighted by Crippen LogP contribution is -2.20. The van der Waals surface area contributed by atoms with Crippen molar-refractivity contribution in [1.82, 2.24) is 0 Å². The van der Waals surface area contributed by atoms with Gasteiger partial charge in [-0.25, -0.2) is 0 Å². The number of hydrogen-bond donors (Lipinski definition) is 2. The fourth-order valence-corrected chi connectivity index (χ4v) is 4.45. The van der Waals surface area contributed by atoms with E-state index in [1.54, 1.807) is 48.5 Å². The van der Waals surface area contributed by atoms with Gasteiger partial charge in [0.2, 0.25) is 0 Å². The van der Waals surface area contributed by atoms with Crippen LogP contribution in [0, 0.1) is 0 Å². The van der Waals surface area contributed by atoms with Crippen molar-refractivity contribution in [3.63, 3.8) is 0 Å². The maximum Gasteiger partial charge on any atom is 0.314 e. The van der Waals surface area contributed by atoms with Crippen molar-refractivity contribution in [2.75, 3.05) is 0 Å². The zero-order valence-electron chi connectivity index (χ0n) is 16.3. The number of carboxylic acids is 2. The van der Waals surface area contributed by atoms with Crippen molar-refractivity contribution >= 4 is 55.7 Å². The third kappa shape index (κ3) is 7.91. The first-order valence-electron chi connectivity index (χ1n) is 9.33. The smallest absolute Gasteiger partial charge is 0.314 e. The largest absolute Gasteiger partial charge is 0.481 e. The molecule has 2 N–H and O–H groups in total. The van der Waals surface area contributed by atoms with Gasteiger partial charge in [0.1, 0.15) is 0 Å². The molecule has 0 radical (unpaired) electrons. The highest BCUT2D eigenvalue weighted by atomic mass is 79.9. The SMILES string of the molecule is O=C(O)CC(CC(=O)OC(=O)CC(CC(=O)O)c1ccccc1Br)c1ccccc1Br. The molecule has 2 rings (SSSR count). The second-order valence-electron chi connectivity index (χ2n) is 6.89. The minimum atomic E-state index is -1.09. The molecular weight excluding hydrogens is 536 g/mol. The average Bonchev–Trinajstić information content (AvgIpc) is 2.67. The Kier molecular flexibility index (Phi) is 9.39. The Morgan fingerprint density at radius 2 is 1.03 bits per heavy atom. The van der Waals surface area contributed by atoms with Gasteiger partial charge in [-0.1, -0.05) is 68.3 Å². The first kappa shape index (κ1) is 24.7. The van der Waals surface area contributed by atoms with Crippen molar-refractivity contribution < 1.29 is 34.1 Å². The number of hydrogen-bond acceptors (Lipinski definition) is 5. The summed E-state index contributed by atoms with van der Waals surface area (Å²) in [5.41, 5.74) is 1.23. The van der Waals surface area contributed by atoms with Crippen LogP contribution in [-0.2, 0) is 23.9 Å². The number of aliphatic carboxylic acids is 2. The van der Waals surface area contributed by atoms with Crippen LogP contribution in [0.5, 0.6) is 0 Å². The fraction of sp³-hybridized carbons (Fsp3) is 0.273. The number of ether oxygens (including phenoxy) is 1. The Bertz CT molecular complexity index is 896. The van der Waals surface area contributed by atoms with Gasteiger partial charge in [0.05, 0.1) is 25.7 Å². The molecule has 7 nitrogen and oxygen atoms in total. The second-order valence-corrected chi connectivity index (χ2v) is 8.60. The maximum atomic E-state index is 12.4. The summed E-state index contributed by atoms with van der Waals surface area (Å²) < 4.78 is 6.20. The van der Waals surface area contributed by atoms with Crippen LogP contribution in [0.15, 0.2) is 57.5 Å². The normalized spacial score (nSPS) is 12.6. The number of carbonyl (C=O) groups excluding carboxylic acids is 2. The molecule has 0 aliphatic carbocycles. The predicted octanol–water partition coefficient (Wildman–Crippen LogP) is 4.88. The van der Waals surface area contributed by atoms with Crippen LogP contribution in [0.1, 0.15) is 48.6 Å². The van der Waals surface area contributed by atoms with E-state index in [1.165, 1.54) is 0 Å². The number of rotatable bonds is 10. The van der Waals surface area contributed by atoms with E-state index in [2.05, 4.69) is 31.9 Å². The Morgan fingerprint density at radius 3 is 1.35 bits per heavy atom. The summed E-state index contributed by atoms with van der Waals surface area (Å²) in [5.74, 6) is -5.29. The van der Waals surface area contributed by atoms with E-state index < -0.39 is 35.7 Å². The Morgan fingerprint density at radius 1 is 0.677 bits per heavy atom. The third-order valence-electron chi connectivity index (χ3n) is 4.59. The van der Waals surface area contributed by atoms with Gasteiger partial charge in [-0.3, -0.25) is 19.2 Å². The summed E-state index contributed by atoms with van der Waals surface area (Å²) in [4.78, 5) is 47.2. The summed E-state index contributed by atoms with van der Waals surface area (Å²) in [6.07, 6.45) is -1.24. The van der Waals surface area contributed by atoms with Crippen molar-refractivity contribution in [2.24, 2.45) is 0 Å². The summed E-state index contributed by atoms with van der Waals surface area (Å²) in [6, 6.07) is 13.8. The van der Waals surface area contributed by atoms with Crippen LogP contribution < -0.4 is 0 Å². The number of benzene rings is 2. The molecule has 2 unspecified atom stereocenters. The minimum Gasteiger partial charge on any atom is -0.481 e. The van der Waals surface area contributed by atoms with Crippen LogP contribution in [-0.4, -0.2) is 34.1 Å². The van der Waals surface area contributed by atoms with Gasteiger partial charge >= 0.3 is 23.9 Å². The van der Waals surface area contributed by atoms with E-state index >= 15 is 0 Å². The standard InChI is InChI=1S/C22H20Br2O7/c23-17-7-3-1-5-15(17)13(9-19(25)26)11-21(29)31-22(30)12-14(10-20(27)28)16-6-2-4-8-18(16)24/h1-8,13-14H,9-12H2,(H,25,26)(H,27,28). The third-order valence-corrected chi connectivity index (χ3v) is 6.03. The zero-order chi connectivity index (χ0) is 23.0. The lowest BCUT2D eigenvalue weighted by atomic mass is 9.92. The lowest BCUT2D eigenvalue weighted by molar-refractivity contribution is -0.160. The van der Waals surface area contributed by atoms with Gasteiger partial charge in [-0.2, -0.15) is 0 Å². The molecule has 0 amide bonds. The van der Waals surface area contributed by atoms with Crippen molar-refractivity contribution in [3.8, 4) is 0 Å². The Balaban J connectivity index is 2.09. The number of carbonyl (C=O) groups is 4. The van der Waals surface area contributed by atoms with Gasteiger partial charge in [0, 0.05) is 20.8 Å².